The van der Waals surface area contributed by atoms with Crippen LogP contribution in [0.15, 0.2) is 29.3 Å². The fourth-order valence-electron chi connectivity index (χ4n) is 2.07. The van der Waals surface area contributed by atoms with Gasteiger partial charge in [0.05, 0.1) is 5.56 Å². The summed E-state index contributed by atoms with van der Waals surface area (Å²) in [5, 5.41) is 3.15. The molecule has 22 heavy (non-hydrogen) atoms. The van der Waals surface area contributed by atoms with Gasteiger partial charge in [0, 0.05) is 27.2 Å². The first-order valence-electron chi connectivity index (χ1n) is 7.38. The van der Waals surface area contributed by atoms with E-state index in [1.54, 1.807) is 6.07 Å². The SMILES string of the molecule is CCNC(=NCCC(C)c1cccc(C(F)(F)F)c1)N(C)C. The van der Waals surface area contributed by atoms with Crippen molar-refractivity contribution in [3.05, 3.63) is 35.4 Å². The Labute approximate surface area is 130 Å². The zero-order chi connectivity index (χ0) is 16.8. The van der Waals surface area contributed by atoms with Gasteiger partial charge in [-0.2, -0.15) is 13.2 Å². The first-order chi connectivity index (χ1) is 10.3. The minimum absolute atomic E-state index is 0.0242. The summed E-state index contributed by atoms with van der Waals surface area (Å²) >= 11 is 0. The summed E-state index contributed by atoms with van der Waals surface area (Å²) in [6, 6.07) is 5.53. The van der Waals surface area contributed by atoms with Gasteiger partial charge < -0.3 is 10.2 Å². The molecule has 0 fully saturated rings. The van der Waals surface area contributed by atoms with Gasteiger partial charge in [0.1, 0.15) is 0 Å². The molecule has 3 nitrogen and oxygen atoms in total. The zero-order valence-corrected chi connectivity index (χ0v) is 13.5. The van der Waals surface area contributed by atoms with E-state index in [-0.39, 0.29) is 5.92 Å². The van der Waals surface area contributed by atoms with Crippen molar-refractivity contribution < 1.29 is 13.2 Å². The van der Waals surface area contributed by atoms with Crippen LogP contribution in [-0.2, 0) is 6.18 Å². The van der Waals surface area contributed by atoms with Crippen molar-refractivity contribution in [2.45, 2.75) is 32.4 Å². The summed E-state index contributed by atoms with van der Waals surface area (Å²) in [6.07, 6.45) is -3.60. The van der Waals surface area contributed by atoms with Gasteiger partial charge in [0.15, 0.2) is 5.96 Å². The Hall–Kier alpha value is -1.72. The number of aliphatic imine (C=N–C) groups is 1. The van der Waals surface area contributed by atoms with E-state index in [4.69, 9.17) is 0 Å². The molecule has 124 valence electrons. The van der Waals surface area contributed by atoms with Gasteiger partial charge in [-0.05, 0) is 30.9 Å². The number of nitrogens with one attached hydrogen (secondary N) is 1. The second-order valence-corrected chi connectivity index (χ2v) is 5.44. The van der Waals surface area contributed by atoms with E-state index in [1.165, 1.54) is 12.1 Å². The normalized spacial score (nSPS) is 13.9. The Balaban J connectivity index is 2.69. The Morgan fingerprint density at radius 2 is 2.00 bits per heavy atom. The highest BCUT2D eigenvalue weighted by atomic mass is 19.4. The molecule has 0 aromatic heterocycles. The third-order valence-corrected chi connectivity index (χ3v) is 3.37. The van der Waals surface area contributed by atoms with Gasteiger partial charge in [-0.25, -0.2) is 0 Å². The maximum absolute atomic E-state index is 12.7. The third-order valence-electron chi connectivity index (χ3n) is 3.37. The van der Waals surface area contributed by atoms with Crippen molar-refractivity contribution in [3.8, 4) is 0 Å². The largest absolute Gasteiger partial charge is 0.416 e. The number of halogens is 3. The van der Waals surface area contributed by atoms with Crippen LogP contribution in [0.2, 0.25) is 0 Å². The number of hydrogen-bond acceptors (Lipinski definition) is 1. The van der Waals surface area contributed by atoms with Crippen molar-refractivity contribution in [3.63, 3.8) is 0 Å². The van der Waals surface area contributed by atoms with Crippen LogP contribution in [0, 0.1) is 0 Å². The molecular formula is C16H24F3N3. The highest BCUT2D eigenvalue weighted by Gasteiger charge is 2.30. The Bertz CT molecular complexity index is 496. The minimum atomic E-state index is -4.29. The molecule has 0 aliphatic heterocycles. The van der Waals surface area contributed by atoms with E-state index in [2.05, 4.69) is 10.3 Å². The molecule has 0 saturated carbocycles. The average Bonchev–Trinajstić information content (AvgIpc) is 2.45. The quantitative estimate of drug-likeness (QED) is 0.662. The maximum atomic E-state index is 12.7. The molecule has 0 radical (unpaired) electrons. The van der Waals surface area contributed by atoms with Gasteiger partial charge in [-0.1, -0.05) is 25.1 Å². The summed E-state index contributed by atoms with van der Waals surface area (Å²) in [6.45, 7) is 5.26. The van der Waals surface area contributed by atoms with Crippen LogP contribution >= 0.6 is 0 Å². The molecule has 1 aromatic rings. The van der Waals surface area contributed by atoms with Gasteiger partial charge >= 0.3 is 6.18 Å². The predicted molar refractivity (Wildman–Crippen MR) is 84.1 cm³/mol. The second-order valence-electron chi connectivity index (χ2n) is 5.44. The lowest BCUT2D eigenvalue weighted by Gasteiger charge is -2.17. The fraction of sp³-hybridized carbons (Fsp3) is 0.562. The van der Waals surface area contributed by atoms with E-state index >= 15 is 0 Å². The molecule has 1 atom stereocenters. The molecular weight excluding hydrogens is 291 g/mol. The van der Waals surface area contributed by atoms with Gasteiger partial charge in [-0.3, -0.25) is 4.99 Å². The molecule has 1 rings (SSSR count). The van der Waals surface area contributed by atoms with Crippen LogP contribution in [0.25, 0.3) is 0 Å². The molecule has 0 aliphatic carbocycles. The lowest BCUT2D eigenvalue weighted by molar-refractivity contribution is -0.137. The summed E-state index contributed by atoms with van der Waals surface area (Å²) < 4.78 is 38.2. The first-order valence-corrected chi connectivity index (χ1v) is 7.38. The Morgan fingerprint density at radius 3 is 2.55 bits per heavy atom. The highest BCUT2D eigenvalue weighted by Crippen LogP contribution is 2.31. The van der Waals surface area contributed by atoms with Crippen LogP contribution in [-0.4, -0.2) is 38.0 Å². The van der Waals surface area contributed by atoms with Crippen LogP contribution in [0.1, 0.15) is 37.3 Å². The lowest BCUT2D eigenvalue weighted by Crippen LogP contribution is -2.36. The standard InChI is InChI=1S/C16H24F3N3/c1-5-20-15(22(3)4)21-10-9-12(2)13-7-6-8-14(11-13)16(17,18)19/h6-8,11-12H,5,9-10H2,1-4H3,(H,20,21). The summed E-state index contributed by atoms with van der Waals surface area (Å²) in [7, 11) is 3.80. The van der Waals surface area contributed by atoms with E-state index < -0.39 is 11.7 Å². The number of nitrogens with zero attached hydrogens (tertiary/aromatic N) is 2. The first kappa shape index (κ1) is 18.3. The van der Waals surface area contributed by atoms with E-state index in [0.717, 1.165) is 18.6 Å². The number of guanidine groups is 1. The van der Waals surface area contributed by atoms with Crippen molar-refractivity contribution in [2.75, 3.05) is 27.2 Å². The second kappa shape index (κ2) is 8.06. The van der Waals surface area contributed by atoms with Gasteiger partial charge in [-0.15, -0.1) is 0 Å². The third kappa shape index (κ3) is 5.58. The Morgan fingerprint density at radius 1 is 1.32 bits per heavy atom. The van der Waals surface area contributed by atoms with Crippen LogP contribution in [0.5, 0.6) is 0 Å². The number of hydrogen-bond donors (Lipinski definition) is 1. The number of benzene rings is 1. The van der Waals surface area contributed by atoms with Crippen LogP contribution in [0.4, 0.5) is 13.2 Å². The maximum Gasteiger partial charge on any atom is 0.416 e. The van der Waals surface area contributed by atoms with Crippen molar-refractivity contribution in [1.82, 2.24) is 10.2 Å². The van der Waals surface area contributed by atoms with E-state index in [1.807, 2.05) is 32.8 Å². The fourth-order valence-corrected chi connectivity index (χ4v) is 2.07. The predicted octanol–water partition coefficient (Wildman–Crippen LogP) is 3.73. The summed E-state index contributed by atoms with van der Waals surface area (Å²) in [5.74, 6) is 0.815. The molecule has 1 N–H and O–H groups in total. The lowest BCUT2D eigenvalue weighted by atomic mass is 9.96. The van der Waals surface area contributed by atoms with Crippen molar-refractivity contribution in [2.24, 2.45) is 4.99 Å². The highest BCUT2D eigenvalue weighted by molar-refractivity contribution is 5.79. The molecule has 0 bridgehead atoms. The molecule has 0 spiro atoms. The van der Waals surface area contributed by atoms with Crippen molar-refractivity contribution in [1.29, 1.82) is 0 Å². The number of alkyl halides is 3. The average molecular weight is 315 g/mol. The summed E-state index contributed by atoms with van der Waals surface area (Å²) in [4.78, 5) is 6.35. The molecule has 0 aliphatic rings. The van der Waals surface area contributed by atoms with Crippen LogP contribution in [0.3, 0.4) is 0 Å². The van der Waals surface area contributed by atoms with Crippen LogP contribution < -0.4 is 5.32 Å². The van der Waals surface area contributed by atoms with Crippen molar-refractivity contribution >= 4 is 5.96 Å². The monoisotopic (exact) mass is 315 g/mol. The van der Waals surface area contributed by atoms with E-state index in [0.29, 0.717) is 18.5 Å². The topological polar surface area (TPSA) is 27.6 Å². The zero-order valence-electron chi connectivity index (χ0n) is 13.5. The number of rotatable bonds is 5. The molecule has 6 heteroatoms. The molecule has 0 amide bonds. The molecule has 0 heterocycles. The molecule has 0 saturated heterocycles. The molecule has 1 unspecified atom stereocenters. The van der Waals surface area contributed by atoms with E-state index in [9.17, 15) is 13.2 Å². The Kier molecular flexibility index (Phi) is 6.71. The minimum Gasteiger partial charge on any atom is -0.357 e. The van der Waals surface area contributed by atoms with Gasteiger partial charge in [0.25, 0.3) is 0 Å². The molecule has 1 aromatic carbocycles. The van der Waals surface area contributed by atoms with Gasteiger partial charge in [0.2, 0.25) is 0 Å². The summed E-state index contributed by atoms with van der Waals surface area (Å²) in [5.41, 5.74) is 0.0989. The smallest absolute Gasteiger partial charge is 0.357 e.